The summed E-state index contributed by atoms with van der Waals surface area (Å²) in [6.45, 7) is 2.14. The standard InChI is InChI=1S/C28H23NO3/c1-2-22(20-7-4-3-5-8-20)28(21-14-11-19(12-15-21)13-18-27(31)32)24-9-6-10-25-23(24)16-17-26(30)29-25/h3-18H,2H2,1H3,(H,29,30)(H,31,32)/b18-13+,28-22+. The fourth-order valence-electron chi connectivity index (χ4n) is 3.99. The molecular formula is C28H23NO3. The summed E-state index contributed by atoms with van der Waals surface area (Å²) in [6, 6.07) is 27.5. The number of fused-ring (bicyclic) bond motifs is 1. The van der Waals surface area contributed by atoms with E-state index in [-0.39, 0.29) is 5.56 Å². The number of H-pyrrole nitrogens is 1. The Balaban J connectivity index is 1.98. The highest BCUT2D eigenvalue weighted by Crippen LogP contribution is 2.37. The second kappa shape index (κ2) is 9.31. The van der Waals surface area contributed by atoms with Gasteiger partial charge in [0.05, 0.1) is 0 Å². The summed E-state index contributed by atoms with van der Waals surface area (Å²) < 4.78 is 0. The van der Waals surface area contributed by atoms with E-state index in [0.29, 0.717) is 0 Å². The number of carboxylic acids is 1. The van der Waals surface area contributed by atoms with Crippen molar-refractivity contribution in [1.82, 2.24) is 4.98 Å². The van der Waals surface area contributed by atoms with Gasteiger partial charge in [-0.25, -0.2) is 4.79 Å². The quantitative estimate of drug-likeness (QED) is 0.296. The molecule has 2 N–H and O–H groups in total. The molecule has 4 rings (SSSR count). The van der Waals surface area contributed by atoms with Gasteiger partial charge in [0.15, 0.2) is 0 Å². The Kier molecular flexibility index (Phi) is 6.13. The summed E-state index contributed by atoms with van der Waals surface area (Å²) in [7, 11) is 0. The van der Waals surface area contributed by atoms with Crippen LogP contribution in [0.3, 0.4) is 0 Å². The molecule has 1 aromatic heterocycles. The van der Waals surface area contributed by atoms with Gasteiger partial charge in [-0.05, 0) is 58.0 Å². The van der Waals surface area contributed by atoms with Crippen LogP contribution in [0.5, 0.6) is 0 Å². The van der Waals surface area contributed by atoms with E-state index in [0.717, 1.165) is 51.2 Å². The van der Waals surface area contributed by atoms with Crippen LogP contribution in [-0.4, -0.2) is 16.1 Å². The Morgan fingerprint density at radius 1 is 0.875 bits per heavy atom. The molecule has 0 unspecified atom stereocenters. The number of aromatic nitrogens is 1. The number of rotatable bonds is 6. The highest BCUT2D eigenvalue weighted by Gasteiger charge is 2.15. The highest BCUT2D eigenvalue weighted by atomic mass is 16.4. The lowest BCUT2D eigenvalue weighted by Crippen LogP contribution is -2.04. The van der Waals surface area contributed by atoms with Crippen LogP contribution >= 0.6 is 0 Å². The molecule has 0 saturated heterocycles. The molecule has 0 aliphatic heterocycles. The van der Waals surface area contributed by atoms with Crippen LogP contribution in [0, 0.1) is 0 Å². The topological polar surface area (TPSA) is 70.2 Å². The normalized spacial score (nSPS) is 12.2. The number of nitrogens with one attached hydrogen (secondary N) is 1. The van der Waals surface area contributed by atoms with Crippen LogP contribution in [0.2, 0.25) is 0 Å². The van der Waals surface area contributed by atoms with Crippen molar-refractivity contribution in [2.45, 2.75) is 13.3 Å². The zero-order chi connectivity index (χ0) is 22.5. The van der Waals surface area contributed by atoms with Gasteiger partial charge < -0.3 is 10.1 Å². The number of carboxylic acid groups (broad SMARTS) is 1. The van der Waals surface area contributed by atoms with Crippen molar-refractivity contribution < 1.29 is 9.90 Å². The van der Waals surface area contributed by atoms with Gasteiger partial charge >= 0.3 is 5.97 Å². The first-order valence-corrected chi connectivity index (χ1v) is 10.5. The first kappa shape index (κ1) is 21.1. The predicted octanol–water partition coefficient (Wildman–Crippen LogP) is 6.00. The molecule has 0 spiro atoms. The number of allylic oxidation sites excluding steroid dienone is 1. The molecule has 4 nitrogen and oxygen atoms in total. The van der Waals surface area contributed by atoms with Crippen LogP contribution in [0.15, 0.2) is 95.8 Å². The van der Waals surface area contributed by atoms with Crippen molar-refractivity contribution in [3.05, 3.63) is 124 Å². The zero-order valence-corrected chi connectivity index (χ0v) is 17.7. The van der Waals surface area contributed by atoms with E-state index >= 15 is 0 Å². The molecule has 0 aliphatic rings. The molecule has 1 heterocycles. The maximum Gasteiger partial charge on any atom is 0.328 e. The minimum Gasteiger partial charge on any atom is -0.478 e. The summed E-state index contributed by atoms with van der Waals surface area (Å²) in [5.41, 5.74) is 6.95. The molecule has 0 saturated carbocycles. The first-order chi connectivity index (χ1) is 15.6. The van der Waals surface area contributed by atoms with Crippen molar-refractivity contribution in [2.75, 3.05) is 0 Å². The summed E-state index contributed by atoms with van der Waals surface area (Å²) in [5.74, 6) is -0.975. The van der Waals surface area contributed by atoms with E-state index in [1.165, 1.54) is 5.57 Å². The number of carbonyl (C=O) groups is 1. The molecule has 0 fully saturated rings. The summed E-state index contributed by atoms with van der Waals surface area (Å²) >= 11 is 0. The number of hydrogen-bond donors (Lipinski definition) is 2. The zero-order valence-electron chi connectivity index (χ0n) is 17.7. The number of aliphatic carboxylic acids is 1. The lowest BCUT2D eigenvalue weighted by atomic mass is 9.86. The number of pyridine rings is 1. The Hall–Kier alpha value is -4.18. The van der Waals surface area contributed by atoms with Crippen LogP contribution in [0.25, 0.3) is 28.1 Å². The van der Waals surface area contributed by atoms with E-state index in [4.69, 9.17) is 5.11 Å². The maximum absolute atomic E-state index is 11.9. The minimum absolute atomic E-state index is 0.131. The largest absolute Gasteiger partial charge is 0.478 e. The molecule has 0 radical (unpaired) electrons. The summed E-state index contributed by atoms with van der Waals surface area (Å²) in [5, 5.41) is 9.87. The average molecular weight is 421 g/mol. The van der Waals surface area contributed by atoms with E-state index < -0.39 is 5.97 Å². The lowest BCUT2D eigenvalue weighted by Gasteiger charge is -2.18. The lowest BCUT2D eigenvalue weighted by molar-refractivity contribution is -0.131. The third kappa shape index (κ3) is 4.44. The second-order valence-corrected chi connectivity index (χ2v) is 7.46. The van der Waals surface area contributed by atoms with E-state index in [9.17, 15) is 9.59 Å². The van der Waals surface area contributed by atoms with E-state index in [1.54, 1.807) is 12.1 Å². The SMILES string of the molecule is CC/C(=C(/c1ccc(/C=C/C(=O)O)cc1)c1cccc2[nH]c(=O)ccc12)c1ccccc1. The van der Waals surface area contributed by atoms with Crippen molar-refractivity contribution in [3.8, 4) is 0 Å². The number of aromatic amines is 1. The highest BCUT2D eigenvalue weighted by molar-refractivity contribution is 6.05. The summed E-state index contributed by atoms with van der Waals surface area (Å²) in [6.07, 6.45) is 3.53. The molecule has 0 amide bonds. The monoisotopic (exact) mass is 421 g/mol. The van der Waals surface area contributed by atoms with Crippen LogP contribution < -0.4 is 5.56 Å². The first-order valence-electron chi connectivity index (χ1n) is 10.5. The van der Waals surface area contributed by atoms with Gasteiger partial charge in [0.25, 0.3) is 0 Å². The molecule has 4 heteroatoms. The Bertz CT molecular complexity index is 1380. The third-order valence-corrected chi connectivity index (χ3v) is 5.43. The Labute approximate surface area is 186 Å². The number of hydrogen-bond acceptors (Lipinski definition) is 2. The van der Waals surface area contributed by atoms with Crippen molar-refractivity contribution in [1.29, 1.82) is 0 Å². The maximum atomic E-state index is 11.9. The Morgan fingerprint density at radius 3 is 2.31 bits per heavy atom. The van der Waals surface area contributed by atoms with Gasteiger partial charge in [-0.1, -0.05) is 73.7 Å². The minimum atomic E-state index is -0.975. The molecule has 3 aromatic carbocycles. The third-order valence-electron chi connectivity index (χ3n) is 5.43. The molecule has 158 valence electrons. The van der Waals surface area contributed by atoms with Gasteiger partial charge in [0.1, 0.15) is 0 Å². The molecule has 4 aromatic rings. The Morgan fingerprint density at radius 2 is 1.62 bits per heavy atom. The van der Waals surface area contributed by atoms with Gasteiger partial charge in [0.2, 0.25) is 5.56 Å². The molecular weight excluding hydrogens is 398 g/mol. The predicted molar refractivity (Wildman–Crippen MR) is 130 cm³/mol. The second-order valence-electron chi connectivity index (χ2n) is 7.46. The molecule has 32 heavy (non-hydrogen) atoms. The van der Waals surface area contributed by atoms with Gasteiger partial charge in [-0.3, -0.25) is 4.79 Å². The van der Waals surface area contributed by atoms with Crippen LogP contribution in [-0.2, 0) is 4.79 Å². The van der Waals surface area contributed by atoms with E-state index in [2.05, 4.69) is 30.1 Å². The molecule has 0 atom stereocenters. The van der Waals surface area contributed by atoms with Crippen LogP contribution in [0.4, 0.5) is 0 Å². The van der Waals surface area contributed by atoms with Gasteiger partial charge in [-0.15, -0.1) is 0 Å². The molecule has 0 aliphatic carbocycles. The van der Waals surface area contributed by atoms with Crippen LogP contribution in [0.1, 0.15) is 35.6 Å². The molecule has 0 bridgehead atoms. The fraction of sp³-hybridized carbons (Fsp3) is 0.0714. The average Bonchev–Trinajstić information content (AvgIpc) is 2.81. The van der Waals surface area contributed by atoms with E-state index in [1.807, 2.05) is 60.7 Å². The van der Waals surface area contributed by atoms with Crippen molar-refractivity contribution >= 4 is 34.1 Å². The van der Waals surface area contributed by atoms with Crippen molar-refractivity contribution in [3.63, 3.8) is 0 Å². The smallest absolute Gasteiger partial charge is 0.328 e. The van der Waals surface area contributed by atoms with Crippen molar-refractivity contribution in [2.24, 2.45) is 0 Å². The van der Waals surface area contributed by atoms with Gasteiger partial charge in [0, 0.05) is 23.0 Å². The summed E-state index contributed by atoms with van der Waals surface area (Å²) in [4.78, 5) is 25.7. The fourth-order valence-corrected chi connectivity index (χ4v) is 3.99. The van der Waals surface area contributed by atoms with Gasteiger partial charge in [-0.2, -0.15) is 0 Å². The number of benzene rings is 3.